The predicted molar refractivity (Wildman–Crippen MR) is 65.7 cm³/mol. The fourth-order valence-electron chi connectivity index (χ4n) is 2.48. The van der Waals surface area contributed by atoms with Crippen LogP contribution in [-0.4, -0.2) is 37.3 Å². The summed E-state index contributed by atoms with van der Waals surface area (Å²) in [5.41, 5.74) is 0.551. The van der Waals surface area contributed by atoms with E-state index >= 15 is 0 Å². The molecule has 22 heavy (non-hydrogen) atoms. The van der Waals surface area contributed by atoms with Gasteiger partial charge in [0.05, 0.1) is 11.7 Å². The molecule has 3 heterocycles. The van der Waals surface area contributed by atoms with Crippen molar-refractivity contribution >= 4 is 5.91 Å². The van der Waals surface area contributed by atoms with Gasteiger partial charge in [-0.2, -0.15) is 13.2 Å². The van der Waals surface area contributed by atoms with Crippen molar-refractivity contribution in [2.45, 2.75) is 32.6 Å². The molecule has 0 N–H and O–H groups in total. The van der Waals surface area contributed by atoms with E-state index < -0.39 is 23.9 Å². The molecule has 2 aromatic rings. The summed E-state index contributed by atoms with van der Waals surface area (Å²) in [7, 11) is 0. The number of hydrogen-bond acceptors (Lipinski definition) is 5. The van der Waals surface area contributed by atoms with Gasteiger partial charge in [0.25, 0.3) is 5.91 Å². The van der Waals surface area contributed by atoms with Crippen molar-refractivity contribution in [1.82, 2.24) is 24.8 Å². The average Bonchev–Trinajstić information content (AvgIpc) is 3.04. The molecular weight excluding hydrogens is 303 g/mol. The summed E-state index contributed by atoms with van der Waals surface area (Å²) in [4.78, 5) is 13.7. The molecule has 2 aromatic heterocycles. The SMILES string of the molecule is Cc1cc(C(=O)N2CCn3c(nnc3C(F)(F)F)C2C)on1. The topological polar surface area (TPSA) is 77.0 Å². The molecule has 118 valence electrons. The summed E-state index contributed by atoms with van der Waals surface area (Å²) in [6.45, 7) is 3.35. The molecule has 3 rings (SSSR count). The second-order valence-electron chi connectivity index (χ2n) is 5.04. The second-order valence-corrected chi connectivity index (χ2v) is 5.04. The number of amides is 1. The van der Waals surface area contributed by atoms with E-state index in [0.717, 1.165) is 4.57 Å². The number of rotatable bonds is 1. The van der Waals surface area contributed by atoms with Crippen LogP contribution in [0.25, 0.3) is 0 Å². The Morgan fingerprint density at radius 1 is 1.36 bits per heavy atom. The van der Waals surface area contributed by atoms with Crippen molar-refractivity contribution in [3.8, 4) is 0 Å². The smallest absolute Gasteiger partial charge is 0.351 e. The molecule has 1 aliphatic rings. The van der Waals surface area contributed by atoms with Gasteiger partial charge in [-0.05, 0) is 13.8 Å². The minimum Gasteiger partial charge on any atom is -0.351 e. The number of alkyl halides is 3. The maximum atomic E-state index is 12.8. The third kappa shape index (κ3) is 2.24. The van der Waals surface area contributed by atoms with Crippen LogP contribution < -0.4 is 0 Å². The lowest BCUT2D eigenvalue weighted by molar-refractivity contribution is -0.148. The number of fused-ring (bicyclic) bond motifs is 1. The molecule has 1 amide bonds. The Morgan fingerprint density at radius 3 is 2.68 bits per heavy atom. The molecule has 1 unspecified atom stereocenters. The highest BCUT2D eigenvalue weighted by atomic mass is 19.4. The fourth-order valence-corrected chi connectivity index (χ4v) is 2.48. The van der Waals surface area contributed by atoms with E-state index in [1.807, 2.05) is 0 Å². The van der Waals surface area contributed by atoms with Crippen LogP contribution in [-0.2, 0) is 12.7 Å². The minimum absolute atomic E-state index is 0.0274. The summed E-state index contributed by atoms with van der Waals surface area (Å²) >= 11 is 0. The quantitative estimate of drug-likeness (QED) is 0.802. The van der Waals surface area contributed by atoms with Gasteiger partial charge in [0, 0.05) is 19.2 Å². The Kier molecular flexibility index (Phi) is 3.18. The van der Waals surface area contributed by atoms with Gasteiger partial charge in [0.1, 0.15) is 0 Å². The monoisotopic (exact) mass is 315 g/mol. The zero-order chi connectivity index (χ0) is 16.1. The van der Waals surface area contributed by atoms with Gasteiger partial charge in [-0.3, -0.25) is 4.79 Å². The zero-order valence-electron chi connectivity index (χ0n) is 11.8. The Balaban J connectivity index is 1.90. The van der Waals surface area contributed by atoms with Crippen LogP contribution in [0, 0.1) is 6.92 Å². The molecule has 0 saturated carbocycles. The molecule has 1 aliphatic heterocycles. The van der Waals surface area contributed by atoms with Gasteiger partial charge in [-0.15, -0.1) is 10.2 Å². The van der Waals surface area contributed by atoms with Crippen molar-refractivity contribution in [2.75, 3.05) is 6.54 Å². The van der Waals surface area contributed by atoms with Crippen molar-refractivity contribution in [2.24, 2.45) is 0 Å². The van der Waals surface area contributed by atoms with Crippen LogP contribution >= 0.6 is 0 Å². The molecule has 10 heteroatoms. The second kappa shape index (κ2) is 4.82. The maximum Gasteiger partial charge on any atom is 0.451 e. The lowest BCUT2D eigenvalue weighted by Gasteiger charge is -2.33. The lowest BCUT2D eigenvalue weighted by Crippen LogP contribution is -2.41. The molecule has 0 aliphatic carbocycles. The first-order valence-corrected chi connectivity index (χ1v) is 6.53. The molecule has 0 spiro atoms. The van der Waals surface area contributed by atoms with Gasteiger partial charge in [-0.25, -0.2) is 0 Å². The average molecular weight is 315 g/mol. The van der Waals surface area contributed by atoms with Gasteiger partial charge in [-0.1, -0.05) is 5.16 Å². The van der Waals surface area contributed by atoms with Crippen LogP contribution in [0.3, 0.4) is 0 Å². The number of aromatic nitrogens is 4. The van der Waals surface area contributed by atoms with Crippen molar-refractivity contribution in [3.05, 3.63) is 29.2 Å². The van der Waals surface area contributed by atoms with E-state index in [2.05, 4.69) is 15.4 Å². The van der Waals surface area contributed by atoms with Crippen molar-refractivity contribution < 1.29 is 22.5 Å². The fraction of sp³-hybridized carbons (Fsp3) is 0.500. The number of halogens is 3. The largest absolute Gasteiger partial charge is 0.451 e. The summed E-state index contributed by atoms with van der Waals surface area (Å²) in [5, 5.41) is 10.4. The molecular formula is C12H12F3N5O2. The van der Waals surface area contributed by atoms with Crippen LogP contribution in [0.1, 0.15) is 40.9 Å². The minimum atomic E-state index is -4.57. The van der Waals surface area contributed by atoms with Crippen LogP contribution in [0.5, 0.6) is 0 Å². The highest BCUT2D eigenvalue weighted by Crippen LogP contribution is 2.33. The van der Waals surface area contributed by atoms with E-state index in [1.165, 1.54) is 11.0 Å². The predicted octanol–water partition coefficient (Wildman–Crippen LogP) is 1.81. The first-order valence-electron chi connectivity index (χ1n) is 6.53. The van der Waals surface area contributed by atoms with Crippen molar-refractivity contribution in [1.29, 1.82) is 0 Å². The number of hydrogen-bond donors (Lipinski definition) is 0. The Morgan fingerprint density at radius 2 is 2.09 bits per heavy atom. The van der Waals surface area contributed by atoms with E-state index in [1.54, 1.807) is 13.8 Å². The zero-order valence-corrected chi connectivity index (χ0v) is 11.8. The first kappa shape index (κ1) is 14.5. The molecule has 0 fully saturated rings. The Bertz CT molecular complexity index is 721. The van der Waals surface area contributed by atoms with E-state index in [4.69, 9.17) is 4.52 Å². The van der Waals surface area contributed by atoms with Gasteiger partial charge >= 0.3 is 6.18 Å². The molecule has 1 atom stereocenters. The normalized spacial score (nSPS) is 18.4. The summed E-state index contributed by atoms with van der Waals surface area (Å²) in [5.74, 6) is -1.33. The summed E-state index contributed by atoms with van der Waals surface area (Å²) in [6, 6.07) is 0.838. The standard InChI is InChI=1S/C12H12F3N5O2/c1-6-5-8(22-18-6)10(21)19-3-4-20-9(7(19)2)16-17-11(20)12(13,14)15/h5,7H,3-4H2,1-2H3. The first-order chi connectivity index (χ1) is 10.3. The van der Waals surface area contributed by atoms with Crippen LogP contribution in [0.15, 0.2) is 10.6 Å². The highest BCUT2D eigenvalue weighted by molar-refractivity contribution is 5.91. The molecule has 7 nitrogen and oxygen atoms in total. The molecule has 0 saturated heterocycles. The van der Waals surface area contributed by atoms with Gasteiger partial charge in [0.2, 0.25) is 11.6 Å². The number of nitrogens with zero attached hydrogens (tertiary/aromatic N) is 5. The Labute approximate surface area is 122 Å². The Hall–Kier alpha value is -2.39. The number of carbonyl (C=O) groups excluding carboxylic acids is 1. The van der Waals surface area contributed by atoms with Crippen molar-refractivity contribution in [3.63, 3.8) is 0 Å². The maximum absolute atomic E-state index is 12.8. The molecule has 0 aromatic carbocycles. The van der Waals surface area contributed by atoms with E-state index in [9.17, 15) is 18.0 Å². The van der Waals surface area contributed by atoms with Gasteiger partial charge in [0.15, 0.2) is 5.82 Å². The van der Waals surface area contributed by atoms with Gasteiger partial charge < -0.3 is 14.0 Å². The highest BCUT2D eigenvalue weighted by Gasteiger charge is 2.42. The lowest BCUT2D eigenvalue weighted by atomic mass is 10.2. The third-order valence-electron chi connectivity index (χ3n) is 3.54. The molecule has 0 bridgehead atoms. The molecule has 0 radical (unpaired) electrons. The van der Waals surface area contributed by atoms with E-state index in [-0.39, 0.29) is 24.7 Å². The van der Waals surface area contributed by atoms with E-state index in [0.29, 0.717) is 5.69 Å². The summed E-state index contributed by atoms with van der Waals surface area (Å²) < 4.78 is 44.4. The number of carbonyl (C=O) groups is 1. The third-order valence-corrected chi connectivity index (χ3v) is 3.54. The number of aryl methyl sites for hydroxylation is 1. The van der Waals surface area contributed by atoms with Crippen LogP contribution in [0.2, 0.25) is 0 Å². The summed E-state index contributed by atoms with van der Waals surface area (Å²) in [6.07, 6.45) is -4.57. The van der Waals surface area contributed by atoms with Crippen LogP contribution in [0.4, 0.5) is 13.2 Å².